The normalized spacial score (nSPS) is 22.2. The summed E-state index contributed by atoms with van der Waals surface area (Å²) < 4.78 is 12.9. The molecule has 3 rings (SSSR count). The molecule has 2 N–H and O–H groups in total. The van der Waals surface area contributed by atoms with Crippen LogP contribution in [0.1, 0.15) is 25.8 Å². The Kier molecular flexibility index (Phi) is 3.74. The van der Waals surface area contributed by atoms with Crippen molar-refractivity contribution in [3.63, 3.8) is 0 Å². The van der Waals surface area contributed by atoms with Gasteiger partial charge in [-0.1, -0.05) is 0 Å². The first kappa shape index (κ1) is 13.8. The molecule has 0 spiro atoms. The molecule has 1 aliphatic heterocycles. The van der Waals surface area contributed by atoms with Gasteiger partial charge in [0, 0.05) is 18.4 Å². The molecule has 2 aromatic rings. The standard InChI is InChI=1S/C14H19N5O2/c1-9-7-11(5-6-21-9)19-14(16-17-18-19)12-4-3-10(15)8-13(12)20-2/h3-4,8-9,11H,5-7,15H2,1-2H3. The first-order chi connectivity index (χ1) is 10.2. The summed E-state index contributed by atoms with van der Waals surface area (Å²) >= 11 is 0. The largest absolute Gasteiger partial charge is 0.496 e. The molecule has 7 heteroatoms. The molecular weight excluding hydrogens is 270 g/mol. The zero-order chi connectivity index (χ0) is 14.8. The van der Waals surface area contributed by atoms with Crippen LogP contribution in [0.15, 0.2) is 18.2 Å². The lowest BCUT2D eigenvalue weighted by Crippen LogP contribution is -2.26. The smallest absolute Gasteiger partial charge is 0.186 e. The minimum absolute atomic E-state index is 0.217. The third-order valence-corrected chi connectivity index (χ3v) is 3.76. The van der Waals surface area contributed by atoms with Crippen LogP contribution in [-0.2, 0) is 4.74 Å². The highest BCUT2D eigenvalue weighted by Crippen LogP contribution is 2.33. The summed E-state index contributed by atoms with van der Waals surface area (Å²) in [5, 5.41) is 12.2. The Labute approximate surface area is 123 Å². The number of nitrogen functional groups attached to an aromatic ring is 1. The molecule has 1 aromatic heterocycles. The minimum atomic E-state index is 0.217. The highest BCUT2D eigenvalue weighted by Gasteiger charge is 2.25. The summed E-state index contributed by atoms with van der Waals surface area (Å²) in [5.74, 6) is 1.37. The minimum Gasteiger partial charge on any atom is -0.496 e. The van der Waals surface area contributed by atoms with Gasteiger partial charge in [0.2, 0.25) is 0 Å². The topological polar surface area (TPSA) is 88.1 Å². The Morgan fingerprint density at radius 1 is 1.43 bits per heavy atom. The first-order valence-electron chi connectivity index (χ1n) is 7.02. The average molecular weight is 289 g/mol. The number of aromatic nitrogens is 4. The third-order valence-electron chi connectivity index (χ3n) is 3.76. The zero-order valence-corrected chi connectivity index (χ0v) is 12.2. The van der Waals surface area contributed by atoms with Gasteiger partial charge in [0.05, 0.1) is 24.8 Å². The lowest BCUT2D eigenvalue weighted by Gasteiger charge is -2.27. The number of hydrogen-bond donors (Lipinski definition) is 1. The molecular formula is C14H19N5O2. The van der Waals surface area contributed by atoms with Crippen molar-refractivity contribution in [3.8, 4) is 17.1 Å². The van der Waals surface area contributed by atoms with E-state index in [2.05, 4.69) is 22.4 Å². The van der Waals surface area contributed by atoms with E-state index in [-0.39, 0.29) is 12.1 Å². The van der Waals surface area contributed by atoms with Crippen LogP contribution < -0.4 is 10.5 Å². The third kappa shape index (κ3) is 2.69. The Morgan fingerprint density at radius 2 is 2.29 bits per heavy atom. The van der Waals surface area contributed by atoms with Crippen LogP contribution in [0.3, 0.4) is 0 Å². The highest BCUT2D eigenvalue weighted by atomic mass is 16.5. The number of methoxy groups -OCH3 is 1. The summed E-state index contributed by atoms with van der Waals surface area (Å²) in [6.45, 7) is 2.80. The van der Waals surface area contributed by atoms with E-state index in [1.54, 1.807) is 13.2 Å². The van der Waals surface area contributed by atoms with E-state index in [9.17, 15) is 0 Å². The van der Waals surface area contributed by atoms with Gasteiger partial charge in [0.1, 0.15) is 5.75 Å². The molecule has 2 heterocycles. The first-order valence-corrected chi connectivity index (χ1v) is 7.02. The van der Waals surface area contributed by atoms with E-state index in [0.29, 0.717) is 17.3 Å². The summed E-state index contributed by atoms with van der Waals surface area (Å²) in [6, 6.07) is 5.73. The second-order valence-corrected chi connectivity index (χ2v) is 5.27. The molecule has 21 heavy (non-hydrogen) atoms. The summed E-state index contributed by atoms with van der Waals surface area (Å²) in [4.78, 5) is 0. The average Bonchev–Trinajstić information content (AvgIpc) is 2.96. The maximum Gasteiger partial charge on any atom is 0.186 e. The van der Waals surface area contributed by atoms with Crippen LogP contribution in [-0.4, -0.2) is 40.0 Å². The van der Waals surface area contributed by atoms with Crippen LogP contribution in [0.5, 0.6) is 5.75 Å². The number of ether oxygens (including phenoxy) is 2. The fraction of sp³-hybridized carbons (Fsp3) is 0.500. The fourth-order valence-electron chi connectivity index (χ4n) is 2.71. The number of benzene rings is 1. The van der Waals surface area contributed by atoms with Gasteiger partial charge >= 0.3 is 0 Å². The molecule has 112 valence electrons. The van der Waals surface area contributed by atoms with Crippen LogP contribution >= 0.6 is 0 Å². The summed E-state index contributed by atoms with van der Waals surface area (Å²) in [7, 11) is 1.61. The molecule has 1 fully saturated rings. The van der Waals surface area contributed by atoms with Crippen LogP contribution in [0, 0.1) is 0 Å². The van der Waals surface area contributed by atoms with Gasteiger partial charge in [-0.2, -0.15) is 0 Å². The molecule has 1 aliphatic rings. The van der Waals surface area contributed by atoms with Crippen molar-refractivity contribution in [2.45, 2.75) is 31.9 Å². The molecule has 2 unspecified atom stereocenters. The van der Waals surface area contributed by atoms with Crippen LogP contribution in [0.4, 0.5) is 5.69 Å². The van der Waals surface area contributed by atoms with Gasteiger partial charge in [-0.05, 0) is 42.3 Å². The number of tetrazole rings is 1. The monoisotopic (exact) mass is 289 g/mol. The van der Waals surface area contributed by atoms with Crippen molar-refractivity contribution in [3.05, 3.63) is 18.2 Å². The molecule has 0 bridgehead atoms. The van der Waals surface area contributed by atoms with Crippen molar-refractivity contribution in [2.75, 3.05) is 19.5 Å². The van der Waals surface area contributed by atoms with Gasteiger partial charge in [-0.25, -0.2) is 4.68 Å². The Balaban J connectivity index is 1.99. The SMILES string of the molecule is COc1cc(N)ccc1-c1nnnn1C1CCOC(C)C1. The molecule has 2 atom stereocenters. The van der Waals surface area contributed by atoms with E-state index in [1.165, 1.54) is 0 Å². The molecule has 0 aliphatic carbocycles. The highest BCUT2D eigenvalue weighted by molar-refractivity contribution is 5.67. The Hall–Kier alpha value is -2.15. The van der Waals surface area contributed by atoms with Crippen molar-refractivity contribution in [1.29, 1.82) is 0 Å². The number of rotatable bonds is 3. The van der Waals surface area contributed by atoms with Gasteiger partial charge in [-0.3, -0.25) is 0 Å². The molecule has 0 radical (unpaired) electrons. The lowest BCUT2D eigenvalue weighted by atomic mass is 10.0. The second-order valence-electron chi connectivity index (χ2n) is 5.27. The quantitative estimate of drug-likeness (QED) is 0.865. The van der Waals surface area contributed by atoms with Gasteiger partial charge < -0.3 is 15.2 Å². The predicted molar refractivity (Wildman–Crippen MR) is 77.9 cm³/mol. The van der Waals surface area contributed by atoms with Gasteiger partial charge in [-0.15, -0.1) is 5.10 Å². The fourth-order valence-corrected chi connectivity index (χ4v) is 2.71. The maximum absolute atomic E-state index is 5.80. The molecule has 0 saturated carbocycles. The predicted octanol–water partition coefficient (Wildman–Crippen LogP) is 1.67. The Morgan fingerprint density at radius 3 is 3.05 bits per heavy atom. The lowest BCUT2D eigenvalue weighted by molar-refractivity contribution is 0.00350. The van der Waals surface area contributed by atoms with Gasteiger partial charge in [0.25, 0.3) is 0 Å². The zero-order valence-electron chi connectivity index (χ0n) is 12.2. The van der Waals surface area contributed by atoms with Crippen LogP contribution in [0.2, 0.25) is 0 Å². The number of nitrogens with zero attached hydrogens (tertiary/aromatic N) is 4. The van der Waals surface area contributed by atoms with E-state index in [0.717, 1.165) is 25.0 Å². The summed E-state index contributed by atoms with van der Waals surface area (Å²) in [6.07, 6.45) is 2.02. The van der Waals surface area contributed by atoms with E-state index in [1.807, 2.05) is 16.8 Å². The van der Waals surface area contributed by atoms with Crippen molar-refractivity contribution in [2.24, 2.45) is 0 Å². The van der Waals surface area contributed by atoms with E-state index in [4.69, 9.17) is 15.2 Å². The van der Waals surface area contributed by atoms with Crippen molar-refractivity contribution >= 4 is 5.69 Å². The summed E-state index contributed by atoms with van der Waals surface area (Å²) in [5.41, 5.74) is 7.29. The van der Waals surface area contributed by atoms with E-state index >= 15 is 0 Å². The van der Waals surface area contributed by atoms with Crippen molar-refractivity contribution < 1.29 is 9.47 Å². The Bertz CT molecular complexity index is 628. The van der Waals surface area contributed by atoms with Gasteiger partial charge in [0.15, 0.2) is 5.82 Å². The molecule has 7 nitrogen and oxygen atoms in total. The molecule has 1 aromatic carbocycles. The van der Waals surface area contributed by atoms with Crippen LogP contribution in [0.25, 0.3) is 11.4 Å². The maximum atomic E-state index is 5.80. The molecule has 0 amide bonds. The van der Waals surface area contributed by atoms with E-state index < -0.39 is 0 Å². The van der Waals surface area contributed by atoms with Crippen molar-refractivity contribution in [1.82, 2.24) is 20.2 Å². The number of nitrogens with two attached hydrogens (primary N) is 1. The number of hydrogen-bond acceptors (Lipinski definition) is 6. The number of anilines is 1. The molecule has 1 saturated heterocycles. The second kappa shape index (κ2) is 5.69.